The molecule has 8 nitrogen and oxygen atoms in total. The summed E-state index contributed by atoms with van der Waals surface area (Å²) in [6.45, 7) is 2.71. The normalized spacial score (nSPS) is 14.0. The second kappa shape index (κ2) is 8.66. The van der Waals surface area contributed by atoms with E-state index in [-0.39, 0.29) is 5.91 Å². The van der Waals surface area contributed by atoms with E-state index >= 15 is 0 Å². The highest BCUT2D eigenvalue weighted by Gasteiger charge is 2.23. The van der Waals surface area contributed by atoms with Gasteiger partial charge in [0.1, 0.15) is 17.1 Å². The van der Waals surface area contributed by atoms with Crippen LogP contribution in [-0.4, -0.2) is 59.0 Å². The maximum absolute atomic E-state index is 13.1. The molecular weight excluding hydrogens is 406 g/mol. The first-order valence-electron chi connectivity index (χ1n) is 10.5. The zero-order chi connectivity index (χ0) is 21.9. The van der Waals surface area contributed by atoms with E-state index in [1.165, 1.54) is 0 Å². The van der Waals surface area contributed by atoms with Gasteiger partial charge in [-0.3, -0.25) is 9.78 Å². The molecule has 1 fully saturated rings. The highest BCUT2D eigenvalue weighted by atomic mass is 16.5. The number of benzene rings is 2. The quantitative estimate of drug-likeness (QED) is 0.482. The molecule has 3 heterocycles. The Kier molecular flexibility index (Phi) is 5.41. The number of piperazine rings is 1. The molecule has 0 saturated carbocycles. The lowest BCUT2D eigenvalue weighted by Crippen LogP contribution is -2.49. The summed E-state index contributed by atoms with van der Waals surface area (Å²) in [6.07, 6.45) is 5.67. The predicted octanol–water partition coefficient (Wildman–Crippen LogP) is 3.18. The lowest BCUT2D eigenvalue weighted by molar-refractivity contribution is 0.0746. The summed E-state index contributed by atoms with van der Waals surface area (Å²) in [5, 5.41) is 0. The van der Waals surface area contributed by atoms with Crippen molar-refractivity contribution in [3.05, 3.63) is 78.1 Å². The summed E-state index contributed by atoms with van der Waals surface area (Å²) in [5.74, 6) is 2.27. The van der Waals surface area contributed by atoms with E-state index in [1.807, 2.05) is 41.3 Å². The molecule has 0 aliphatic carbocycles. The Morgan fingerprint density at radius 3 is 2.59 bits per heavy atom. The maximum atomic E-state index is 13.1. The summed E-state index contributed by atoms with van der Waals surface area (Å²) in [7, 11) is 1.65. The van der Waals surface area contributed by atoms with Crippen molar-refractivity contribution in [1.82, 2.24) is 19.9 Å². The highest BCUT2D eigenvalue weighted by molar-refractivity contribution is 5.97. The van der Waals surface area contributed by atoms with Gasteiger partial charge in [-0.15, -0.1) is 0 Å². The largest absolute Gasteiger partial charge is 0.497 e. The van der Waals surface area contributed by atoms with Crippen molar-refractivity contribution in [2.45, 2.75) is 6.42 Å². The van der Waals surface area contributed by atoms with Gasteiger partial charge in [-0.2, -0.15) is 0 Å². The van der Waals surface area contributed by atoms with Crippen LogP contribution in [0.3, 0.4) is 0 Å². The van der Waals surface area contributed by atoms with Crippen LogP contribution in [0.25, 0.3) is 11.1 Å². The number of oxazole rings is 1. The molecule has 0 unspecified atom stereocenters. The summed E-state index contributed by atoms with van der Waals surface area (Å²) < 4.78 is 11.1. The average molecular weight is 429 g/mol. The first kappa shape index (κ1) is 20.0. The van der Waals surface area contributed by atoms with E-state index in [0.717, 1.165) is 35.7 Å². The number of ether oxygens (including phenoxy) is 1. The van der Waals surface area contributed by atoms with E-state index in [4.69, 9.17) is 9.15 Å². The van der Waals surface area contributed by atoms with Gasteiger partial charge in [-0.1, -0.05) is 12.1 Å². The molecule has 0 N–H and O–H groups in total. The Bertz CT molecular complexity index is 1220. The smallest absolute Gasteiger partial charge is 0.254 e. The van der Waals surface area contributed by atoms with Gasteiger partial charge >= 0.3 is 0 Å². The van der Waals surface area contributed by atoms with Gasteiger partial charge in [0.15, 0.2) is 11.5 Å². The minimum absolute atomic E-state index is 0.00111. The molecule has 1 aliphatic rings. The van der Waals surface area contributed by atoms with Crippen molar-refractivity contribution in [2.75, 3.05) is 38.2 Å². The van der Waals surface area contributed by atoms with Crippen molar-refractivity contribution < 1.29 is 13.9 Å². The van der Waals surface area contributed by atoms with Crippen molar-refractivity contribution >= 4 is 22.8 Å². The van der Waals surface area contributed by atoms with Gasteiger partial charge in [-0.05, 0) is 35.9 Å². The second-order valence-corrected chi connectivity index (χ2v) is 7.66. The van der Waals surface area contributed by atoms with E-state index in [1.54, 1.807) is 31.8 Å². The molecule has 2 aromatic carbocycles. The van der Waals surface area contributed by atoms with Crippen LogP contribution in [-0.2, 0) is 6.42 Å². The second-order valence-electron chi connectivity index (χ2n) is 7.66. The standard InChI is InChI=1S/C24H23N5O3/c1-31-19-5-2-17(3-6-19)14-23-27-20-7-4-18(15-21(20)32-23)24(30)29-12-10-28(11-13-29)22-16-25-8-9-26-22/h2-9,15-16H,10-14H2,1H3. The molecule has 0 bridgehead atoms. The Hall–Kier alpha value is -3.94. The molecule has 1 amide bonds. The Morgan fingerprint density at radius 2 is 1.88 bits per heavy atom. The summed E-state index contributed by atoms with van der Waals surface area (Å²) in [5.41, 5.74) is 3.06. The van der Waals surface area contributed by atoms with Crippen LogP contribution in [0.4, 0.5) is 5.82 Å². The Morgan fingerprint density at radius 1 is 1.06 bits per heavy atom. The molecule has 0 atom stereocenters. The number of fused-ring (bicyclic) bond motifs is 1. The number of carbonyl (C=O) groups is 1. The number of nitrogens with zero attached hydrogens (tertiary/aromatic N) is 5. The highest BCUT2D eigenvalue weighted by Crippen LogP contribution is 2.22. The van der Waals surface area contributed by atoms with Crippen molar-refractivity contribution in [1.29, 1.82) is 0 Å². The molecule has 0 spiro atoms. The van der Waals surface area contributed by atoms with Crippen molar-refractivity contribution in [3.8, 4) is 5.75 Å². The Balaban J connectivity index is 1.26. The summed E-state index contributed by atoms with van der Waals surface area (Å²) >= 11 is 0. The van der Waals surface area contributed by atoms with Crippen LogP contribution in [0.15, 0.2) is 65.5 Å². The monoisotopic (exact) mass is 429 g/mol. The minimum Gasteiger partial charge on any atom is -0.497 e. The number of anilines is 1. The lowest BCUT2D eigenvalue weighted by Gasteiger charge is -2.35. The van der Waals surface area contributed by atoms with Crippen LogP contribution in [0.2, 0.25) is 0 Å². The first-order valence-corrected chi connectivity index (χ1v) is 10.5. The van der Waals surface area contributed by atoms with Crippen LogP contribution in [0.1, 0.15) is 21.8 Å². The zero-order valence-electron chi connectivity index (χ0n) is 17.8. The van der Waals surface area contributed by atoms with Crippen molar-refractivity contribution in [2.24, 2.45) is 0 Å². The summed E-state index contributed by atoms with van der Waals surface area (Å²) in [6, 6.07) is 13.3. The number of hydrogen-bond acceptors (Lipinski definition) is 7. The summed E-state index contributed by atoms with van der Waals surface area (Å²) in [4.78, 5) is 30.1. The molecule has 8 heteroatoms. The average Bonchev–Trinajstić information content (AvgIpc) is 3.26. The van der Waals surface area contributed by atoms with Crippen LogP contribution < -0.4 is 9.64 Å². The number of aromatic nitrogens is 3. The molecule has 4 aromatic rings. The number of rotatable bonds is 5. The van der Waals surface area contributed by atoms with Gasteiger partial charge in [-0.25, -0.2) is 9.97 Å². The molecule has 0 radical (unpaired) electrons. The molecule has 2 aromatic heterocycles. The fourth-order valence-electron chi connectivity index (χ4n) is 3.87. The van der Waals surface area contributed by atoms with E-state index in [9.17, 15) is 4.79 Å². The van der Waals surface area contributed by atoms with Gasteiger partial charge < -0.3 is 19.0 Å². The number of amides is 1. The third kappa shape index (κ3) is 4.12. The molecule has 5 rings (SSSR count). The van der Waals surface area contributed by atoms with Crippen LogP contribution in [0.5, 0.6) is 5.75 Å². The molecular formula is C24H23N5O3. The van der Waals surface area contributed by atoms with E-state index in [0.29, 0.717) is 36.5 Å². The minimum atomic E-state index is -0.00111. The number of carbonyl (C=O) groups excluding carboxylic acids is 1. The first-order chi connectivity index (χ1) is 15.7. The number of methoxy groups -OCH3 is 1. The number of hydrogen-bond donors (Lipinski definition) is 0. The van der Waals surface area contributed by atoms with Gasteiger partial charge in [0.05, 0.1) is 13.3 Å². The van der Waals surface area contributed by atoms with Gasteiger partial charge in [0.2, 0.25) is 0 Å². The fraction of sp³-hybridized carbons (Fsp3) is 0.250. The molecule has 1 saturated heterocycles. The Labute approximate surface area is 185 Å². The SMILES string of the molecule is COc1ccc(Cc2nc3ccc(C(=O)N4CCN(c5cnccn5)CC4)cc3o2)cc1. The van der Waals surface area contributed by atoms with E-state index < -0.39 is 0 Å². The molecule has 32 heavy (non-hydrogen) atoms. The molecule has 1 aliphatic heterocycles. The van der Waals surface area contributed by atoms with Gasteiger partial charge in [0.25, 0.3) is 5.91 Å². The zero-order valence-corrected chi connectivity index (χ0v) is 17.8. The van der Waals surface area contributed by atoms with Crippen LogP contribution in [0, 0.1) is 0 Å². The lowest BCUT2D eigenvalue weighted by atomic mass is 10.1. The van der Waals surface area contributed by atoms with Crippen LogP contribution >= 0.6 is 0 Å². The molecule has 162 valence electrons. The van der Waals surface area contributed by atoms with Gasteiger partial charge in [0, 0.05) is 50.6 Å². The fourth-order valence-corrected chi connectivity index (χ4v) is 3.87. The predicted molar refractivity (Wildman–Crippen MR) is 120 cm³/mol. The third-order valence-corrected chi connectivity index (χ3v) is 5.63. The third-order valence-electron chi connectivity index (χ3n) is 5.63. The van der Waals surface area contributed by atoms with Crippen molar-refractivity contribution in [3.63, 3.8) is 0 Å². The van der Waals surface area contributed by atoms with E-state index in [2.05, 4.69) is 19.9 Å². The topological polar surface area (TPSA) is 84.6 Å². The maximum Gasteiger partial charge on any atom is 0.254 e.